The van der Waals surface area contributed by atoms with Crippen molar-refractivity contribution >= 4 is 6.01 Å². The molecule has 0 radical (unpaired) electrons. The molecule has 2 atom stereocenters. The Hall–Kier alpha value is -0.620. The molecule has 114 valence electrons. The van der Waals surface area contributed by atoms with Gasteiger partial charge in [0, 0.05) is 0 Å². The molecule has 2 nitrogen and oxygen atoms in total. The average Bonchev–Trinajstić information content (AvgIpc) is 2.38. The molecule has 2 fully saturated rings. The summed E-state index contributed by atoms with van der Waals surface area (Å²) in [5.41, 5.74) is 0.451. The Bertz CT molecular complexity index is 341. The van der Waals surface area contributed by atoms with Gasteiger partial charge in [0.1, 0.15) is 0 Å². The minimum Gasteiger partial charge on any atom is -0.222 e. The van der Waals surface area contributed by atoms with Crippen LogP contribution >= 0.6 is 0 Å². The van der Waals surface area contributed by atoms with E-state index >= 15 is 0 Å². The van der Waals surface area contributed by atoms with E-state index in [1.807, 2.05) is 0 Å². The number of rotatable bonds is 3. The van der Waals surface area contributed by atoms with Crippen LogP contribution in [0.4, 0.5) is 0 Å². The van der Waals surface area contributed by atoms with E-state index in [0.717, 1.165) is 5.92 Å². The summed E-state index contributed by atoms with van der Waals surface area (Å²) >= 11 is 0. The van der Waals surface area contributed by atoms with E-state index in [-0.39, 0.29) is 0 Å². The molecule has 20 heavy (non-hydrogen) atoms. The molecule has 0 bridgehead atoms. The number of aliphatic imine (C=N–C) groups is 2. The first-order valence-corrected chi connectivity index (χ1v) is 8.67. The van der Waals surface area contributed by atoms with Crippen molar-refractivity contribution in [3.05, 3.63) is 0 Å². The lowest BCUT2D eigenvalue weighted by Gasteiger charge is -2.31. The summed E-state index contributed by atoms with van der Waals surface area (Å²) in [6.07, 6.45) is 13.1. The Morgan fingerprint density at radius 1 is 0.850 bits per heavy atom. The van der Waals surface area contributed by atoms with Crippen LogP contribution in [-0.2, 0) is 0 Å². The van der Waals surface area contributed by atoms with Crippen LogP contribution in [0.15, 0.2) is 9.98 Å². The van der Waals surface area contributed by atoms with Crippen LogP contribution in [0.2, 0.25) is 0 Å². The fraction of sp³-hybridized carbons (Fsp3) is 0.944. The van der Waals surface area contributed by atoms with E-state index in [1.165, 1.54) is 64.2 Å². The van der Waals surface area contributed by atoms with Gasteiger partial charge in [0.25, 0.3) is 0 Å². The van der Waals surface area contributed by atoms with Crippen LogP contribution < -0.4 is 0 Å². The predicted octanol–water partition coefficient (Wildman–Crippen LogP) is 5.49. The molecule has 2 aliphatic rings. The molecule has 0 spiro atoms. The van der Waals surface area contributed by atoms with Crippen LogP contribution in [0, 0.1) is 11.3 Å². The summed E-state index contributed by atoms with van der Waals surface area (Å²) < 4.78 is 0. The summed E-state index contributed by atoms with van der Waals surface area (Å²) in [5.74, 6) is 0.856. The molecule has 2 saturated carbocycles. The van der Waals surface area contributed by atoms with Gasteiger partial charge in [0.2, 0.25) is 0 Å². The zero-order valence-corrected chi connectivity index (χ0v) is 13.7. The first-order valence-electron chi connectivity index (χ1n) is 8.67. The van der Waals surface area contributed by atoms with Crippen LogP contribution in [-0.4, -0.2) is 18.1 Å². The smallest absolute Gasteiger partial charge is 0.0898 e. The second kappa shape index (κ2) is 7.41. The van der Waals surface area contributed by atoms with Gasteiger partial charge < -0.3 is 0 Å². The van der Waals surface area contributed by atoms with Gasteiger partial charge >= 0.3 is 0 Å². The van der Waals surface area contributed by atoms with Gasteiger partial charge in [0.05, 0.1) is 18.1 Å². The third-order valence-electron chi connectivity index (χ3n) is 4.71. The number of hydrogen-bond acceptors (Lipinski definition) is 2. The summed E-state index contributed by atoms with van der Waals surface area (Å²) in [6, 6.07) is 4.06. The summed E-state index contributed by atoms with van der Waals surface area (Å²) in [5, 5.41) is 0. The molecule has 0 aromatic heterocycles. The largest absolute Gasteiger partial charge is 0.222 e. The monoisotopic (exact) mass is 276 g/mol. The third-order valence-corrected chi connectivity index (χ3v) is 4.71. The fourth-order valence-corrected chi connectivity index (χ4v) is 3.84. The quantitative estimate of drug-likeness (QED) is 0.609. The van der Waals surface area contributed by atoms with E-state index in [9.17, 15) is 0 Å². The van der Waals surface area contributed by atoms with Gasteiger partial charge in [-0.25, -0.2) is 9.98 Å². The minimum atomic E-state index is 0.451. The Balaban J connectivity index is 1.81. The third kappa shape index (κ3) is 5.79. The van der Waals surface area contributed by atoms with Crippen LogP contribution in [0.25, 0.3) is 0 Å². The van der Waals surface area contributed by atoms with Crippen molar-refractivity contribution in [2.24, 2.45) is 21.3 Å². The van der Waals surface area contributed by atoms with Gasteiger partial charge in [-0.2, -0.15) is 0 Å². The zero-order valence-electron chi connectivity index (χ0n) is 13.7. The maximum absolute atomic E-state index is 4.64. The second-order valence-electron chi connectivity index (χ2n) is 8.10. The Morgan fingerprint density at radius 2 is 1.50 bits per heavy atom. The van der Waals surface area contributed by atoms with Gasteiger partial charge in [-0.05, 0) is 43.4 Å². The lowest BCUT2D eigenvalue weighted by molar-refractivity contribution is 0.226. The molecule has 0 aromatic carbocycles. The highest BCUT2D eigenvalue weighted by molar-refractivity contribution is 5.42. The molecule has 0 amide bonds. The van der Waals surface area contributed by atoms with E-state index in [0.29, 0.717) is 17.5 Å². The van der Waals surface area contributed by atoms with Crippen LogP contribution in [0.1, 0.15) is 85.0 Å². The van der Waals surface area contributed by atoms with Crippen molar-refractivity contribution < 1.29 is 0 Å². The summed E-state index contributed by atoms with van der Waals surface area (Å²) in [7, 11) is 0. The standard InChI is InChI=1S/C18H32N2/c1-18(2,3)13-15-8-7-11-17(12-15)20-14-19-16-9-5-4-6-10-16/h15-17H,4-13H2,1-3H3. The maximum atomic E-state index is 4.64. The minimum absolute atomic E-state index is 0.451. The highest BCUT2D eigenvalue weighted by Gasteiger charge is 2.25. The highest BCUT2D eigenvalue weighted by atomic mass is 14.9. The molecule has 2 heteroatoms. The van der Waals surface area contributed by atoms with Crippen molar-refractivity contribution in [3.8, 4) is 0 Å². The van der Waals surface area contributed by atoms with E-state index in [1.54, 1.807) is 0 Å². The molecule has 0 N–H and O–H groups in total. The zero-order chi connectivity index (χ0) is 14.4. The molecule has 2 aliphatic carbocycles. The van der Waals surface area contributed by atoms with Crippen LogP contribution in [0.5, 0.6) is 0 Å². The van der Waals surface area contributed by atoms with Crippen LogP contribution in [0.3, 0.4) is 0 Å². The van der Waals surface area contributed by atoms with E-state index in [2.05, 4.69) is 36.8 Å². The number of hydrogen-bond donors (Lipinski definition) is 0. The normalized spacial score (nSPS) is 28.8. The molecule has 0 heterocycles. The second-order valence-corrected chi connectivity index (χ2v) is 8.10. The Kier molecular flexibility index (Phi) is 5.84. The summed E-state index contributed by atoms with van der Waals surface area (Å²) in [6.45, 7) is 7.05. The SMILES string of the molecule is CC(C)(C)CC1CCCC(N=C=NC2CCCCC2)C1. The first-order chi connectivity index (χ1) is 9.53. The molecular formula is C18H32N2. The average molecular weight is 276 g/mol. The van der Waals surface area contributed by atoms with Gasteiger partial charge in [-0.15, -0.1) is 0 Å². The lowest BCUT2D eigenvalue weighted by atomic mass is 9.76. The molecule has 2 unspecified atom stereocenters. The maximum Gasteiger partial charge on any atom is 0.0898 e. The molecule has 0 aromatic rings. The van der Waals surface area contributed by atoms with Crippen molar-refractivity contribution in [1.82, 2.24) is 0 Å². The molecular weight excluding hydrogens is 244 g/mol. The van der Waals surface area contributed by atoms with Crippen molar-refractivity contribution in [2.75, 3.05) is 0 Å². The Morgan fingerprint density at radius 3 is 2.20 bits per heavy atom. The highest BCUT2D eigenvalue weighted by Crippen LogP contribution is 2.35. The molecule has 2 rings (SSSR count). The van der Waals surface area contributed by atoms with Gasteiger partial charge in [0.15, 0.2) is 0 Å². The van der Waals surface area contributed by atoms with Crippen molar-refractivity contribution in [2.45, 2.75) is 97.1 Å². The first kappa shape index (κ1) is 15.8. The number of nitrogens with zero attached hydrogens (tertiary/aromatic N) is 2. The van der Waals surface area contributed by atoms with Gasteiger partial charge in [-0.3, -0.25) is 0 Å². The topological polar surface area (TPSA) is 24.7 Å². The summed E-state index contributed by atoms with van der Waals surface area (Å²) in [4.78, 5) is 9.20. The lowest BCUT2D eigenvalue weighted by Crippen LogP contribution is -2.22. The molecule has 0 aliphatic heterocycles. The van der Waals surface area contributed by atoms with E-state index in [4.69, 9.17) is 0 Å². The van der Waals surface area contributed by atoms with Crippen molar-refractivity contribution in [1.29, 1.82) is 0 Å². The van der Waals surface area contributed by atoms with Gasteiger partial charge in [-0.1, -0.05) is 52.9 Å². The fourth-order valence-electron chi connectivity index (χ4n) is 3.84. The van der Waals surface area contributed by atoms with Crippen molar-refractivity contribution in [3.63, 3.8) is 0 Å². The Labute approximate surface area is 125 Å². The molecule has 0 saturated heterocycles. The van der Waals surface area contributed by atoms with E-state index < -0.39 is 0 Å². The predicted molar refractivity (Wildman–Crippen MR) is 86.6 cm³/mol.